The van der Waals surface area contributed by atoms with E-state index in [1.54, 1.807) is 13.0 Å². The van der Waals surface area contributed by atoms with Crippen LogP contribution in [0.4, 0.5) is 0 Å². The van der Waals surface area contributed by atoms with E-state index in [0.29, 0.717) is 12.2 Å². The van der Waals surface area contributed by atoms with Gasteiger partial charge in [-0.1, -0.05) is 6.92 Å². The van der Waals surface area contributed by atoms with E-state index >= 15 is 0 Å². The number of furan rings is 1. The van der Waals surface area contributed by atoms with Gasteiger partial charge in [-0.15, -0.1) is 0 Å². The Labute approximate surface area is 76.7 Å². The van der Waals surface area contributed by atoms with Crippen molar-refractivity contribution in [3.8, 4) is 0 Å². The van der Waals surface area contributed by atoms with Gasteiger partial charge in [0.15, 0.2) is 0 Å². The van der Waals surface area contributed by atoms with E-state index in [4.69, 9.17) is 4.42 Å². The molecule has 1 aromatic heterocycles. The summed E-state index contributed by atoms with van der Waals surface area (Å²) in [4.78, 5) is 10.0. The Morgan fingerprint density at radius 1 is 1.54 bits per heavy atom. The number of nitro groups is 1. The summed E-state index contributed by atoms with van der Waals surface area (Å²) in [5.74, 6) is 1.58. The van der Waals surface area contributed by atoms with Crippen molar-refractivity contribution in [1.82, 2.24) is 0 Å². The lowest BCUT2D eigenvalue weighted by Gasteiger charge is -1.99. The molecule has 13 heavy (non-hydrogen) atoms. The van der Waals surface area contributed by atoms with E-state index < -0.39 is 6.04 Å². The molecule has 1 atom stereocenters. The summed E-state index contributed by atoms with van der Waals surface area (Å²) >= 11 is 0. The fourth-order valence-corrected chi connectivity index (χ4v) is 1.09. The zero-order valence-electron chi connectivity index (χ0n) is 7.82. The van der Waals surface area contributed by atoms with Gasteiger partial charge in [0, 0.05) is 18.3 Å². The first-order valence-corrected chi connectivity index (χ1v) is 4.34. The Morgan fingerprint density at radius 3 is 2.62 bits per heavy atom. The van der Waals surface area contributed by atoms with Crippen molar-refractivity contribution in [1.29, 1.82) is 0 Å². The lowest BCUT2D eigenvalue weighted by atomic mass is 10.2. The first-order valence-electron chi connectivity index (χ1n) is 4.34. The maximum Gasteiger partial charge on any atom is 0.217 e. The maximum absolute atomic E-state index is 10.3. The molecule has 1 rings (SSSR count). The van der Waals surface area contributed by atoms with Crippen LogP contribution < -0.4 is 0 Å². The van der Waals surface area contributed by atoms with Crippen LogP contribution in [0.15, 0.2) is 16.5 Å². The predicted molar refractivity (Wildman–Crippen MR) is 48.2 cm³/mol. The van der Waals surface area contributed by atoms with E-state index in [1.165, 1.54) is 0 Å². The van der Waals surface area contributed by atoms with Crippen LogP contribution >= 0.6 is 0 Å². The van der Waals surface area contributed by atoms with E-state index in [9.17, 15) is 10.1 Å². The van der Waals surface area contributed by atoms with Gasteiger partial charge in [0.25, 0.3) is 0 Å². The predicted octanol–water partition coefficient (Wildman–Crippen LogP) is 2.05. The fraction of sp³-hybridized carbons (Fsp3) is 0.556. The third-order valence-electron chi connectivity index (χ3n) is 1.92. The van der Waals surface area contributed by atoms with Gasteiger partial charge >= 0.3 is 0 Å². The third-order valence-corrected chi connectivity index (χ3v) is 1.92. The number of aryl methyl sites for hydroxylation is 1. The molecule has 4 nitrogen and oxygen atoms in total. The minimum absolute atomic E-state index is 0.297. The summed E-state index contributed by atoms with van der Waals surface area (Å²) in [6.07, 6.45) is 1.19. The molecular weight excluding hydrogens is 170 g/mol. The molecule has 0 saturated heterocycles. The van der Waals surface area contributed by atoms with Gasteiger partial charge in [-0.3, -0.25) is 10.1 Å². The molecule has 4 heteroatoms. The molecule has 0 aliphatic carbocycles. The lowest BCUT2D eigenvalue weighted by Crippen LogP contribution is -2.17. The smallest absolute Gasteiger partial charge is 0.217 e. The average molecular weight is 183 g/mol. The molecule has 0 aliphatic rings. The maximum atomic E-state index is 10.3. The topological polar surface area (TPSA) is 56.3 Å². The Bertz CT molecular complexity index is 293. The minimum atomic E-state index is -0.573. The molecule has 0 N–H and O–H groups in total. The Hall–Kier alpha value is -1.32. The van der Waals surface area contributed by atoms with Gasteiger partial charge in [0.05, 0.1) is 6.42 Å². The highest BCUT2D eigenvalue weighted by atomic mass is 16.6. The SMILES string of the molecule is CCc1ccc(CC(C)[N+](=O)[O-])o1. The standard InChI is InChI=1S/C9H13NO3/c1-3-8-4-5-9(13-8)6-7(2)10(11)12/h4-5,7H,3,6H2,1-2H3. The van der Waals surface area contributed by atoms with Crippen LogP contribution in [-0.2, 0) is 12.8 Å². The van der Waals surface area contributed by atoms with Crippen LogP contribution in [0.2, 0.25) is 0 Å². The number of hydrogen-bond acceptors (Lipinski definition) is 3. The Morgan fingerprint density at radius 2 is 2.15 bits per heavy atom. The van der Waals surface area contributed by atoms with Crippen molar-refractivity contribution in [2.24, 2.45) is 0 Å². The van der Waals surface area contributed by atoms with Crippen LogP contribution in [0, 0.1) is 10.1 Å². The van der Waals surface area contributed by atoms with Crippen molar-refractivity contribution >= 4 is 0 Å². The van der Waals surface area contributed by atoms with Gasteiger partial charge in [0.1, 0.15) is 11.5 Å². The second-order valence-corrected chi connectivity index (χ2v) is 3.06. The van der Waals surface area contributed by atoms with Crippen molar-refractivity contribution in [2.75, 3.05) is 0 Å². The van der Waals surface area contributed by atoms with E-state index in [0.717, 1.165) is 12.2 Å². The molecule has 0 aromatic carbocycles. The second-order valence-electron chi connectivity index (χ2n) is 3.06. The second kappa shape index (κ2) is 4.07. The van der Waals surface area contributed by atoms with Gasteiger partial charge in [-0.05, 0) is 12.1 Å². The van der Waals surface area contributed by atoms with E-state index in [-0.39, 0.29) is 4.92 Å². The molecule has 0 aliphatic heterocycles. The number of rotatable bonds is 4. The first kappa shape index (κ1) is 9.77. The van der Waals surface area contributed by atoms with E-state index in [1.807, 2.05) is 13.0 Å². The molecule has 0 amide bonds. The normalized spacial score (nSPS) is 12.8. The molecule has 0 radical (unpaired) electrons. The summed E-state index contributed by atoms with van der Waals surface area (Å²) in [7, 11) is 0. The fourth-order valence-electron chi connectivity index (χ4n) is 1.09. The zero-order valence-corrected chi connectivity index (χ0v) is 7.82. The highest BCUT2D eigenvalue weighted by Crippen LogP contribution is 2.11. The minimum Gasteiger partial charge on any atom is -0.466 e. The van der Waals surface area contributed by atoms with Crippen LogP contribution in [0.3, 0.4) is 0 Å². The third kappa shape index (κ3) is 2.57. The van der Waals surface area contributed by atoms with Crippen LogP contribution in [0.1, 0.15) is 25.4 Å². The average Bonchev–Trinajstić information content (AvgIpc) is 2.52. The molecule has 0 fully saturated rings. The molecule has 1 unspecified atom stereocenters. The van der Waals surface area contributed by atoms with E-state index in [2.05, 4.69) is 0 Å². The number of hydrogen-bond donors (Lipinski definition) is 0. The zero-order chi connectivity index (χ0) is 9.84. The summed E-state index contributed by atoms with van der Waals surface area (Å²) in [6, 6.07) is 3.09. The Kier molecular flexibility index (Phi) is 3.06. The molecule has 1 heterocycles. The van der Waals surface area contributed by atoms with Gasteiger partial charge in [-0.2, -0.15) is 0 Å². The van der Waals surface area contributed by atoms with Gasteiger partial charge in [0.2, 0.25) is 6.04 Å². The monoisotopic (exact) mass is 183 g/mol. The molecule has 0 bridgehead atoms. The highest BCUT2D eigenvalue weighted by molar-refractivity contribution is 5.07. The molecular formula is C9H13NO3. The lowest BCUT2D eigenvalue weighted by molar-refractivity contribution is -0.517. The van der Waals surface area contributed by atoms with Crippen molar-refractivity contribution in [3.05, 3.63) is 33.8 Å². The van der Waals surface area contributed by atoms with Crippen LogP contribution in [0.5, 0.6) is 0 Å². The van der Waals surface area contributed by atoms with Gasteiger partial charge < -0.3 is 4.42 Å². The molecule has 0 spiro atoms. The van der Waals surface area contributed by atoms with Crippen molar-refractivity contribution < 1.29 is 9.34 Å². The molecule has 0 saturated carbocycles. The first-order chi connectivity index (χ1) is 6.13. The van der Waals surface area contributed by atoms with Crippen molar-refractivity contribution in [2.45, 2.75) is 32.7 Å². The highest BCUT2D eigenvalue weighted by Gasteiger charge is 2.15. The van der Waals surface area contributed by atoms with Crippen molar-refractivity contribution in [3.63, 3.8) is 0 Å². The molecule has 72 valence electrons. The van der Waals surface area contributed by atoms with Gasteiger partial charge in [-0.25, -0.2) is 0 Å². The quantitative estimate of drug-likeness (QED) is 0.530. The Balaban J connectivity index is 2.58. The summed E-state index contributed by atoms with van der Waals surface area (Å²) in [5, 5.41) is 10.3. The summed E-state index contributed by atoms with van der Waals surface area (Å²) in [6.45, 7) is 3.56. The summed E-state index contributed by atoms with van der Waals surface area (Å²) in [5.41, 5.74) is 0. The summed E-state index contributed by atoms with van der Waals surface area (Å²) < 4.78 is 5.35. The molecule has 1 aromatic rings. The van der Waals surface area contributed by atoms with Crippen LogP contribution in [0.25, 0.3) is 0 Å². The van der Waals surface area contributed by atoms with Crippen LogP contribution in [-0.4, -0.2) is 11.0 Å². The largest absolute Gasteiger partial charge is 0.466 e. The number of nitrogens with zero attached hydrogens (tertiary/aromatic N) is 1.